The molecule has 5 nitrogen and oxygen atoms in total. The van der Waals surface area contributed by atoms with Gasteiger partial charge in [0.15, 0.2) is 0 Å². The van der Waals surface area contributed by atoms with E-state index in [4.69, 9.17) is 11.6 Å². The fourth-order valence-corrected chi connectivity index (χ4v) is 5.17. The van der Waals surface area contributed by atoms with Gasteiger partial charge in [-0.2, -0.15) is 0 Å². The quantitative estimate of drug-likeness (QED) is 0.511. The Hall–Kier alpha value is -2.37. The number of carbonyl (C=O) groups excluding carboxylic acids is 2. The van der Waals surface area contributed by atoms with E-state index in [0.717, 1.165) is 24.1 Å². The SMILES string of the molecule is CCCC1CCCCN1CCCNC(=O)c1ccc2c(c1)C(=O)N(Cc1ccc(Cl)cc1)C2. The van der Waals surface area contributed by atoms with E-state index in [-0.39, 0.29) is 11.8 Å². The summed E-state index contributed by atoms with van der Waals surface area (Å²) >= 11 is 5.96. The van der Waals surface area contributed by atoms with Crippen molar-refractivity contribution in [2.24, 2.45) is 0 Å². The van der Waals surface area contributed by atoms with Crippen LogP contribution in [0.4, 0.5) is 0 Å². The van der Waals surface area contributed by atoms with E-state index >= 15 is 0 Å². The number of benzene rings is 2. The second-order valence-corrected chi connectivity index (χ2v) is 9.68. The minimum Gasteiger partial charge on any atom is -0.352 e. The molecule has 1 unspecified atom stereocenters. The van der Waals surface area contributed by atoms with Crippen LogP contribution in [0, 0.1) is 0 Å². The molecule has 2 aliphatic heterocycles. The van der Waals surface area contributed by atoms with Gasteiger partial charge in [0.25, 0.3) is 11.8 Å². The topological polar surface area (TPSA) is 52.7 Å². The maximum Gasteiger partial charge on any atom is 0.254 e. The third kappa shape index (κ3) is 5.96. The molecule has 0 aliphatic carbocycles. The molecule has 2 heterocycles. The molecule has 2 aromatic carbocycles. The van der Waals surface area contributed by atoms with Gasteiger partial charge in [0, 0.05) is 48.4 Å². The van der Waals surface area contributed by atoms with Gasteiger partial charge in [-0.05, 0) is 67.6 Å². The fraction of sp³-hybridized carbons (Fsp3) is 0.481. The van der Waals surface area contributed by atoms with E-state index in [0.29, 0.717) is 41.8 Å². The van der Waals surface area contributed by atoms with Crippen molar-refractivity contribution in [3.05, 3.63) is 69.7 Å². The molecule has 176 valence electrons. The summed E-state index contributed by atoms with van der Waals surface area (Å²) < 4.78 is 0. The lowest BCUT2D eigenvalue weighted by Crippen LogP contribution is -2.41. The first-order valence-corrected chi connectivity index (χ1v) is 12.6. The number of hydrogen-bond donors (Lipinski definition) is 1. The molecule has 0 aromatic heterocycles. The molecular weight excluding hydrogens is 434 g/mol. The molecule has 6 heteroatoms. The van der Waals surface area contributed by atoms with Gasteiger partial charge in [-0.1, -0.05) is 49.6 Å². The number of amides is 2. The smallest absolute Gasteiger partial charge is 0.254 e. The van der Waals surface area contributed by atoms with Gasteiger partial charge in [0.2, 0.25) is 0 Å². The van der Waals surface area contributed by atoms with Crippen LogP contribution < -0.4 is 5.32 Å². The Bertz CT molecular complexity index is 974. The summed E-state index contributed by atoms with van der Waals surface area (Å²) in [4.78, 5) is 30.0. The second-order valence-electron chi connectivity index (χ2n) is 9.24. The van der Waals surface area contributed by atoms with Crippen LogP contribution in [0.25, 0.3) is 0 Å². The lowest BCUT2D eigenvalue weighted by Gasteiger charge is -2.35. The predicted octanol–water partition coefficient (Wildman–Crippen LogP) is 5.27. The molecule has 33 heavy (non-hydrogen) atoms. The van der Waals surface area contributed by atoms with Crippen molar-refractivity contribution in [2.45, 2.75) is 64.6 Å². The van der Waals surface area contributed by atoms with Gasteiger partial charge < -0.3 is 15.1 Å². The maximum absolute atomic E-state index is 12.9. The number of carbonyl (C=O) groups is 2. The first-order chi connectivity index (χ1) is 16.0. The first kappa shape index (κ1) is 23.8. The maximum atomic E-state index is 12.9. The van der Waals surface area contributed by atoms with E-state index in [1.54, 1.807) is 11.0 Å². The van der Waals surface area contributed by atoms with Crippen molar-refractivity contribution in [3.8, 4) is 0 Å². The molecule has 2 aromatic rings. The number of rotatable bonds is 9. The number of nitrogens with zero attached hydrogens (tertiary/aromatic N) is 2. The Morgan fingerprint density at radius 1 is 1.15 bits per heavy atom. The van der Waals surface area contributed by atoms with E-state index < -0.39 is 0 Å². The fourth-order valence-electron chi connectivity index (χ4n) is 5.04. The second kappa shape index (κ2) is 11.2. The van der Waals surface area contributed by atoms with Crippen molar-refractivity contribution in [1.82, 2.24) is 15.1 Å². The number of piperidine rings is 1. The molecule has 0 radical (unpaired) electrons. The van der Waals surface area contributed by atoms with Crippen LogP contribution in [0.15, 0.2) is 42.5 Å². The molecule has 2 amide bonds. The van der Waals surface area contributed by atoms with Crippen molar-refractivity contribution in [2.75, 3.05) is 19.6 Å². The van der Waals surface area contributed by atoms with Gasteiger partial charge in [-0.25, -0.2) is 0 Å². The van der Waals surface area contributed by atoms with Crippen LogP contribution in [0.5, 0.6) is 0 Å². The lowest BCUT2D eigenvalue weighted by atomic mass is 9.98. The normalized spacial score (nSPS) is 18.4. The van der Waals surface area contributed by atoms with E-state index in [9.17, 15) is 9.59 Å². The Labute approximate surface area is 202 Å². The monoisotopic (exact) mass is 467 g/mol. The Morgan fingerprint density at radius 3 is 2.76 bits per heavy atom. The largest absolute Gasteiger partial charge is 0.352 e. The van der Waals surface area contributed by atoms with Gasteiger partial charge in [-0.3, -0.25) is 9.59 Å². The lowest BCUT2D eigenvalue weighted by molar-refractivity contribution is 0.0766. The third-order valence-electron chi connectivity index (χ3n) is 6.82. The zero-order valence-corrected chi connectivity index (χ0v) is 20.2. The minimum atomic E-state index is -0.106. The van der Waals surface area contributed by atoms with E-state index in [2.05, 4.69) is 17.1 Å². The number of hydrogen-bond acceptors (Lipinski definition) is 3. The summed E-state index contributed by atoms with van der Waals surface area (Å²) in [5, 5.41) is 3.73. The first-order valence-electron chi connectivity index (χ1n) is 12.2. The number of halogens is 1. The third-order valence-corrected chi connectivity index (χ3v) is 7.07. The van der Waals surface area contributed by atoms with Crippen LogP contribution in [-0.2, 0) is 13.1 Å². The van der Waals surface area contributed by atoms with Crippen LogP contribution in [-0.4, -0.2) is 47.3 Å². The summed E-state index contributed by atoms with van der Waals surface area (Å²) in [6.45, 7) is 6.22. The molecule has 0 saturated carbocycles. The minimum absolute atomic E-state index is 0.0262. The van der Waals surface area contributed by atoms with Gasteiger partial charge >= 0.3 is 0 Å². The Kier molecular flexibility index (Phi) is 8.05. The highest BCUT2D eigenvalue weighted by Gasteiger charge is 2.28. The summed E-state index contributed by atoms with van der Waals surface area (Å²) in [6.07, 6.45) is 7.37. The highest BCUT2D eigenvalue weighted by molar-refractivity contribution is 6.30. The van der Waals surface area contributed by atoms with Crippen LogP contribution in [0.1, 0.15) is 77.3 Å². The van der Waals surface area contributed by atoms with E-state index in [1.165, 1.54) is 38.6 Å². The summed E-state index contributed by atoms with van der Waals surface area (Å²) in [5.74, 6) is -0.132. The predicted molar refractivity (Wildman–Crippen MR) is 133 cm³/mol. The molecule has 1 atom stereocenters. The van der Waals surface area contributed by atoms with Crippen LogP contribution >= 0.6 is 11.6 Å². The Morgan fingerprint density at radius 2 is 1.97 bits per heavy atom. The highest BCUT2D eigenvalue weighted by atomic mass is 35.5. The average molecular weight is 468 g/mol. The van der Waals surface area contributed by atoms with Crippen LogP contribution in [0.2, 0.25) is 5.02 Å². The van der Waals surface area contributed by atoms with Gasteiger partial charge in [-0.15, -0.1) is 0 Å². The zero-order valence-electron chi connectivity index (χ0n) is 19.5. The summed E-state index contributed by atoms with van der Waals surface area (Å²) in [5.41, 5.74) is 3.19. The zero-order chi connectivity index (χ0) is 23.2. The van der Waals surface area contributed by atoms with E-state index in [1.807, 2.05) is 36.4 Å². The molecule has 0 bridgehead atoms. The number of nitrogens with one attached hydrogen (secondary N) is 1. The van der Waals surface area contributed by atoms with Crippen molar-refractivity contribution < 1.29 is 9.59 Å². The molecule has 1 fully saturated rings. The van der Waals surface area contributed by atoms with Gasteiger partial charge in [0.05, 0.1) is 0 Å². The summed E-state index contributed by atoms with van der Waals surface area (Å²) in [6, 6.07) is 13.7. The van der Waals surface area contributed by atoms with Crippen molar-refractivity contribution in [3.63, 3.8) is 0 Å². The number of fused-ring (bicyclic) bond motifs is 1. The van der Waals surface area contributed by atoms with Crippen molar-refractivity contribution >= 4 is 23.4 Å². The molecule has 1 saturated heterocycles. The number of likely N-dealkylation sites (tertiary alicyclic amines) is 1. The molecular formula is C27H34ClN3O2. The molecule has 4 rings (SSSR count). The van der Waals surface area contributed by atoms with Crippen LogP contribution in [0.3, 0.4) is 0 Å². The average Bonchev–Trinajstić information content (AvgIpc) is 3.13. The molecule has 1 N–H and O–H groups in total. The summed E-state index contributed by atoms with van der Waals surface area (Å²) in [7, 11) is 0. The van der Waals surface area contributed by atoms with Gasteiger partial charge in [0.1, 0.15) is 0 Å². The molecule has 2 aliphatic rings. The highest BCUT2D eigenvalue weighted by Crippen LogP contribution is 2.26. The standard InChI is InChI=1S/C27H34ClN3O2/c1-2-6-24-7-3-4-15-30(24)16-5-14-29-26(32)21-10-11-22-19-31(27(33)25(22)17-21)18-20-8-12-23(28)13-9-20/h8-13,17,24H,2-7,14-16,18-19H2,1H3,(H,29,32). The Balaban J connectivity index is 1.28. The molecule has 0 spiro atoms. The van der Waals surface area contributed by atoms with Crippen molar-refractivity contribution in [1.29, 1.82) is 0 Å².